The first-order valence-corrected chi connectivity index (χ1v) is 7.47. The number of halogens is 2. The molecule has 0 aliphatic rings. The van der Waals surface area contributed by atoms with Crippen molar-refractivity contribution in [2.24, 2.45) is 0 Å². The summed E-state index contributed by atoms with van der Waals surface area (Å²) in [5, 5.41) is 12.7. The molecule has 1 aromatic heterocycles. The van der Waals surface area contributed by atoms with E-state index in [1.807, 2.05) is 36.4 Å². The van der Waals surface area contributed by atoms with Crippen molar-refractivity contribution >= 4 is 48.9 Å². The van der Waals surface area contributed by atoms with Crippen LogP contribution < -0.4 is 5.32 Å². The van der Waals surface area contributed by atoms with Crippen molar-refractivity contribution < 1.29 is 5.11 Å². The summed E-state index contributed by atoms with van der Waals surface area (Å²) in [4.78, 5) is 1.11. The first-order valence-electron chi connectivity index (χ1n) is 5.07. The van der Waals surface area contributed by atoms with Crippen LogP contribution in [0, 0.1) is 0 Å². The van der Waals surface area contributed by atoms with Gasteiger partial charge in [-0.3, -0.25) is 0 Å². The van der Waals surface area contributed by atoms with Gasteiger partial charge in [0.1, 0.15) is 0 Å². The normalized spacial score (nSPS) is 12.4. The van der Waals surface area contributed by atoms with E-state index in [1.54, 1.807) is 11.3 Å². The first kappa shape index (κ1) is 13.1. The van der Waals surface area contributed by atoms with Crippen LogP contribution in [-0.2, 0) is 0 Å². The zero-order valence-corrected chi connectivity index (χ0v) is 12.8. The van der Waals surface area contributed by atoms with Gasteiger partial charge in [-0.1, -0.05) is 15.9 Å². The Morgan fingerprint density at radius 3 is 2.35 bits per heavy atom. The Labute approximate surface area is 121 Å². The summed E-state index contributed by atoms with van der Waals surface area (Å²) in [5.74, 6) is 0. The highest BCUT2D eigenvalue weighted by Crippen LogP contribution is 2.29. The largest absolute Gasteiger partial charge is 0.394 e. The minimum atomic E-state index is -0.0625. The third kappa shape index (κ3) is 3.55. The molecule has 0 aliphatic carbocycles. The summed E-state index contributed by atoms with van der Waals surface area (Å²) in [7, 11) is 0. The lowest BCUT2D eigenvalue weighted by Gasteiger charge is -2.16. The monoisotopic (exact) mass is 375 g/mol. The smallest absolute Gasteiger partial charge is 0.0838 e. The molecule has 17 heavy (non-hydrogen) atoms. The summed E-state index contributed by atoms with van der Waals surface area (Å²) in [5.41, 5.74) is 0.997. The van der Waals surface area contributed by atoms with Gasteiger partial charge in [-0.25, -0.2) is 0 Å². The van der Waals surface area contributed by atoms with Gasteiger partial charge in [0, 0.05) is 15.0 Å². The van der Waals surface area contributed by atoms with Gasteiger partial charge in [0.05, 0.1) is 16.4 Å². The molecule has 5 heteroatoms. The van der Waals surface area contributed by atoms with Gasteiger partial charge in [-0.05, 0) is 52.3 Å². The SMILES string of the molecule is OCC(Nc1ccc(Br)cc1)c1ccc(Br)s1. The Bertz CT molecular complexity index is 484. The molecular weight excluding hydrogens is 366 g/mol. The van der Waals surface area contributed by atoms with Crippen LogP contribution in [0.15, 0.2) is 44.7 Å². The zero-order valence-electron chi connectivity index (χ0n) is 8.86. The molecular formula is C12H11Br2NOS. The molecule has 2 aromatic rings. The summed E-state index contributed by atoms with van der Waals surface area (Å²) in [6.45, 7) is 0.0724. The van der Waals surface area contributed by atoms with Crippen LogP contribution in [0.3, 0.4) is 0 Å². The highest BCUT2D eigenvalue weighted by atomic mass is 79.9. The zero-order chi connectivity index (χ0) is 12.3. The Morgan fingerprint density at radius 1 is 1.12 bits per heavy atom. The average Bonchev–Trinajstić information content (AvgIpc) is 2.75. The topological polar surface area (TPSA) is 32.3 Å². The summed E-state index contributed by atoms with van der Waals surface area (Å²) in [6, 6.07) is 11.9. The number of thiophene rings is 1. The third-order valence-corrected chi connectivity index (χ3v) is 4.57. The lowest BCUT2D eigenvalue weighted by atomic mass is 10.2. The van der Waals surface area contributed by atoms with E-state index in [2.05, 4.69) is 37.2 Å². The Hall–Kier alpha value is -0.360. The molecule has 0 amide bonds. The summed E-state index contributed by atoms with van der Waals surface area (Å²) in [6.07, 6.45) is 0. The van der Waals surface area contributed by atoms with Crippen LogP contribution in [0.2, 0.25) is 0 Å². The van der Waals surface area contributed by atoms with E-state index in [0.717, 1.165) is 18.8 Å². The van der Waals surface area contributed by atoms with Crippen molar-refractivity contribution in [3.63, 3.8) is 0 Å². The van der Waals surface area contributed by atoms with E-state index in [0.29, 0.717) is 0 Å². The van der Waals surface area contributed by atoms with Crippen LogP contribution in [-0.4, -0.2) is 11.7 Å². The van der Waals surface area contributed by atoms with E-state index in [9.17, 15) is 5.11 Å². The van der Waals surface area contributed by atoms with Crippen molar-refractivity contribution in [2.45, 2.75) is 6.04 Å². The number of hydrogen-bond acceptors (Lipinski definition) is 3. The number of hydrogen-bond donors (Lipinski definition) is 2. The number of anilines is 1. The first-order chi connectivity index (χ1) is 8.19. The highest BCUT2D eigenvalue weighted by molar-refractivity contribution is 9.11. The fourth-order valence-electron chi connectivity index (χ4n) is 1.47. The molecule has 0 bridgehead atoms. The van der Waals surface area contributed by atoms with Gasteiger partial charge in [0.2, 0.25) is 0 Å². The molecule has 2 N–H and O–H groups in total. The number of nitrogens with one attached hydrogen (secondary N) is 1. The van der Waals surface area contributed by atoms with Gasteiger partial charge >= 0.3 is 0 Å². The molecule has 2 nitrogen and oxygen atoms in total. The molecule has 1 unspecified atom stereocenters. The van der Waals surface area contributed by atoms with E-state index in [1.165, 1.54) is 0 Å². The van der Waals surface area contributed by atoms with Crippen molar-refractivity contribution in [3.05, 3.63) is 49.5 Å². The molecule has 0 radical (unpaired) electrons. The minimum absolute atomic E-state index is 0.0625. The molecule has 1 aromatic carbocycles. The van der Waals surface area contributed by atoms with Gasteiger partial charge < -0.3 is 10.4 Å². The molecule has 2 rings (SSSR count). The second kappa shape index (κ2) is 6.00. The summed E-state index contributed by atoms with van der Waals surface area (Å²) < 4.78 is 2.12. The molecule has 0 saturated carbocycles. The molecule has 90 valence electrons. The highest BCUT2D eigenvalue weighted by Gasteiger charge is 2.12. The summed E-state index contributed by atoms with van der Waals surface area (Å²) >= 11 is 8.45. The molecule has 0 saturated heterocycles. The fourth-order valence-corrected chi connectivity index (χ4v) is 3.20. The van der Waals surface area contributed by atoms with Gasteiger partial charge in [0.15, 0.2) is 0 Å². The Morgan fingerprint density at radius 2 is 1.82 bits per heavy atom. The molecule has 0 spiro atoms. The Kier molecular flexibility index (Phi) is 4.62. The van der Waals surface area contributed by atoms with E-state index in [4.69, 9.17) is 0 Å². The lowest BCUT2D eigenvalue weighted by Crippen LogP contribution is -2.13. The van der Waals surface area contributed by atoms with Crippen molar-refractivity contribution in [3.8, 4) is 0 Å². The minimum Gasteiger partial charge on any atom is -0.394 e. The molecule has 1 heterocycles. The third-order valence-electron chi connectivity index (χ3n) is 2.31. The van der Waals surface area contributed by atoms with Gasteiger partial charge in [0.25, 0.3) is 0 Å². The van der Waals surface area contributed by atoms with Crippen LogP contribution in [0.4, 0.5) is 5.69 Å². The molecule has 0 aliphatic heterocycles. The van der Waals surface area contributed by atoms with Crippen LogP contribution in [0.1, 0.15) is 10.9 Å². The second-order valence-corrected chi connectivity index (χ2v) is 6.94. The predicted octanol–water partition coefficient (Wildman–Crippen LogP) is 4.42. The maximum atomic E-state index is 9.42. The molecule has 0 fully saturated rings. The van der Waals surface area contributed by atoms with Gasteiger partial charge in [-0.2, -0.15) is 0 Å². The van der Waals surface area contributed by atoms with E-state index in [-0.39, 0.29) is 12.6 Å². The molecule has 1 atom stereocenters. The fraction of sp³-hybridized carbons (Fsp3) is 0.167. The second-order valence-electron chi connectivity index (χ2n) is 3.53. The lowest BCUT2D eigenvalue weighted by molar-refractivity contribution is 0.278. The van der Waals surface area contributed by atoms with Gasteiger partial charge in [-0.15, -0.1) is 11.3 Å². The van der Waals surface area contributed by atoms with Crippen LogP contribution >= 0.6 is 43.2 Å². The van der Waals surface area contributed by atoms with Crippen LogP contribution in [0.5, 0.6) is 0 Å². The maximum Gasteiger partial charge on any atom is 0.0838 e. The number of rotatable bonds is 4. The Balaban J connectivity index is 2.12. The van der Waals surface area contributed by atoms with Crippen molar-refractivity contribution in [2.75, 3.05) is 11.9 Å². The number of aliphatic hydroxyl groups excluding tert-OH is 1. The quantitative estimate of drug-likeness (QED) is 0.827. The number of aliphatic hydroxyl groups is 1. The standard InChI is InChI=1S/C12H11Br2NOS/c13-8-1-3-9(4-2-8)15-10(7-16)11-5-6-12(14)17-11/h1-6,10,15-16H,7H2. The van der Waals surface area contributed by atoms with Crippen LogP contribution in [0.25, 0.3) is 0 Å². The predicted molar refractivity (Wildman–Crippen MR) is 79.6 cm³/mol. The van der Waals surface area contributed by atoms with E-state index >= 15 is 0 Å². The maximum absolute atomic E-state index is 9.42. The average molecular weight is 377 g/mol. The number of benzene rings is 1. The van der Waals surface area contributed by atoms with Crippen molar-refractivity contribution in [1.29, 1.82) is 0 Å². The van der Waals surface area contributed by atoms with E-state index < -0.39 is 0 Å². The van der Waals surface area contributed by atoms with Crippen molar-refractivity contribution in [1.82, 2.24) is 0 Å².